The van der Waals surface area contributed by atoms with Crippen LogP contribution in [0.5, 0.6) is 11.5 Å². The van der Waals surface area contributed by atoms with E-state index in [1.54, 1.807) is 13.2 Å². The van der Waals surface area contributed by atoms with Gasteiger partial charge in [0.25, 0.3) is 0 Å². The number of nitrogens with one attached hydrogen (secondary N) is 1. The van der Waals surface area contributed by atoms with E-state index in [2.05, 4.69) is 11.4 Å². The third-order valence-electron chi connectivity index (χ3n) is 3.94. The van der Waals surface area contributed by atoms with Crippen molar-refractivity contribution in [1.82, 2.24) is 5.32 Å². The summed E-state index contributed by atoms with van der Waals surface area (Å²) in [6.07, 6.45) is 1.45. The van der Waals surface area contributed by atoms with Crippen LogP contribution < -0.4 is 14.8 Å². The molecule has 0 saturated carbocycles. The molecule has 1 unspecified atom stereocenters. The highest BCUT2D eigenvalue weighted by atomic mass is 35.5. The molecule has 0 saturated heterocycles. The van der Waals surface area contributed by atoms with Crippen LogP contribution >= 0.6 is 11.6 Å². The standard InChI is InChI=1S/C19H20ClNO3/c1-23-18-8-4-5-14-9-13(12-24-19(14)18)10-21-11-17(22)15-6-2-3-7-16(15)20/h2-9,17,21-22H,10-12H2,1H3. The molecule has 126 valence electrons. The summed E-state index contributed by atoms with van der Waals surface area (Å²) < 4.78 is 11.1. The van der Waals surface area contributed by atoms with Gasteiger partial charge in [-0.25, -0.2) is 0 Å². The van der Waals surface area contributed by atoms with Crippen molar-refractivity contribution in [2.24, 2.45) is 0 Å². The highest BCUT2D eigenvalue weighted by Crippen LogP contribution is 2.35. The van der Waals surface area contributed by atoms with Gasteiger partial charge in [-0.2, -0.15) is 0 Å². The Hall–Kier alpha value is -2.01. The van der Waals surface area contributed by atoms with Crippen LogP contribution in [-0.2, 0) is 0 Å². The minimum Gasteiger partial charge on any atom is -0.493 e. The number of methoxy groups -OCH3 is 1. The third-order valence-corrected chi connectivity index (χ3v) is 4.29. The molecule has 5 heteroatoms. The first-order valence-corrected chi connectivity index (χ1v) is 8.19. The molecule has 1 aliphatic rings. The summed E-state index contributed by atoms with van der Waals surface area (Å²) in [5, 5.41) is 14.1. The first-order valence-electron chi connectivity index (χ1n) is 7.81. The zero-order chi connectivity index (χ0) is 16.9. The van der Waals surface area contributed by atoms with Gasteiger partial charge in [0, 0.05) is 29.2 Å². The van der Waals surface area contributed by atoms with Crippen LogP contribution in [0.3, 0.4) is 0 Å². The van der Waals surface area contributed by atoms with Crippen molar-refractivity contribution in [3.8, 4) is 11.5 Å². The minimum atomic E-state index is -0.642. The molecule has 0 aliphatic carbocycles. The number of para-hydroxylation sites is 1. The highest BCUT2D eigenvalue weighted by molar-refractivity contribution is 6.31. The van der Waals surface area contributed by atoms with Crippen LogP contribution in [-0.4, -0.2) is 31.9 Å². The molecule has 0 aromatic heterocycles. The summed E-state index contributed by atoms with van der Waals surface area (Å²) in [5.41, 5.74) is 2.85. The Bertz CT molecular complexity index is 745. The molecule has 2 aromatic carbocycles. The Labute approximate surface area is 146 Å². The number of benzene rings is 2. The fourth-order valence-electron chi connectivity index (χ4n) is 2.71. The fraction of sp³-hybridized carbons (Fsp3) is 0.263. The zero-order valence-electron chi connectivity index (χ0n) is 13.5. The SMILES string of the molecule is COc1cccc2c1OCC(CNCC(O)c1ccccc1Cl)=C2. The summed E-state index contributed by atoms with van der Waals surface area (Å²) >= 11 is 6.10. The molecule has 0 fully saturated rings. The van der Waals surface area contributed by atoms with Gasteiger partial charge in [0.15, 0.2) is 11.5 Å². The van der Waals surface area contributed by atoms with E-state index in [1.165, 1.54) is 0 Å². The van der Waals surface area contributed by atoms with Gasteiger partial charge >= 0.3 is 0 Å². The van der Waals surface area contributed by atoms with Crippen LogP contribution in [0.2, 0.25) is 5.02 Å². The molecule has 4 nitrogen and oxygen atoms in total. The number of hydrogen-bond donors (Lipinski definition) is 2. The fourth-order valence-corrected chi connectivity index (χ4v) is 2.98. The normalized spacial score (nSPS) is 14.4. The molecule has 0 radical (unpaired) electrons. The molecule has 0 bridgehead atoms. The van der Waals surface area contributed by atoms with Crippen molar-refractivity contribution in [3.05, 3.63) is 64.2 Å². The predicted molar refractivity (Wildman–Crippen MR) is 95.7 cm³/mol. The molecule has 1 heterocycles. The van der Waals surface area contributed by atoms with Crippen LogP contribution in [0.25, 0.3) is 6.08 Å². The lowest BCUT2D eigenvalue weighted by atomic mass is 10.1. The van der Waals surface area contributed by atoms with E-state index in [0.29, 0.717) is 24.7 Å². The number of aliphatic hydroxyl groups excluding tert-OH is 1. The molecule has 2 N–H and O–H groups in total. The number of fused-ring (bicyclic) bond motifs is 1. The van der Waals surface area contributed by atoms with E-state index in [-0.39, 0.29) is 0 Å². The van der Waals surface area contributed by atoms with Crippen LogP contribution in [0.15, 0.2) is 48.0 Å². The average molecular weight is 346 g/mol. The minimum absolute atomic E-state index is 0.423. The smallest absolute Gasteiger partial charge is 0.168 e. The lowest BCUT2D eigenvalue weighted by molar-refractivity contribution is 0.175. The van der Waals surface area contributed by atoms with Gasteiger partial charge in [-0.15, -0.1) is 0 Å². The maximum Gasteiger partial charge on any atom is 0.168 e. The molecule has 1 atom stereocenters. The van der Waals surface area contributed by atoms with Crippen LogP contribution in [0.1, 0.15) is 17.2 Å². The van der Waals surface area contributed by atoms with Crippen molar-refractivity contribution in [1.29, 1.82) is 0 Å². The van der Waals surface area contributed by atoms with E-state index in [0.717, 1.165) is 28.2 Å². The largest absolute Gasteiger partial charge is 0.493 e. The lowest BCUT2D eigenvalue weighted by Crippen LogP contribution is -2.26. The second-order valence-corrected chi connectivity index (χ2v) is 6.05. The molecule has 0 amide bonds. The van der Waals surface area contributed by atoms with Crippen LogP contribution in [0.4, 0.5) is 0 Å². The topological polar surface area (TPSA) is 50.7 Å². The molecule has 0 spiro atoms. The third kappa shape index (κ3) is 3.73. The van der Waals surface area contributed by atoms with Crippen molar-refractivity contribution in [2.45, 2.75) is 6.10 Å². The number of halogens is 1. The monoisotopic (exact) mass is 345 g/mol. The number of ether oxygens (including phenoxy) is 2. The van der Waals surface area contributed by atoms with E-state index in [4.69, 9.17) is 21.1 Å². The van der Waals surface area contributed by atoms with Crippen molar-refractivity contribution in [3.63, 3.8) is 0 Å². The van der Waals surface area contributed by atoms with E-state index in [9.17, 15) is 5.11 Å². The average Bonchev–Trinajstić information content (AvgIpc) is 2.61. The molecular weight excluding hydrogens is 326 g/mol. The van der Waals surface area contributed by atoms with Gasteiger partial charge in [0.2, 0.25) is 0 Å². The molecule has 1 aliphatic heterocycles. The summed E-state index contributed by atoms with van der Waals surface area (Å²) in [6, 6.07) is 13.1. The Morgan fingerprint density at radius 1 is 1.25 bits per heavy atom. The first kappa shape index (κ1) is 16.8. The molecule has 3 rings (SSSR count). The van der Waals surface area contributed by atoms with E-state index >= 15 is 0 Å². The Balaban J connectivity index is 1.59. The summed E-state index contributed by atoms with van der Waals surface area (Å²) in [7, 11) is 1.63. The molecular formula is C19H20ClNO3. The van der Waals surface area contributed by atoms with Gasteiger partial charge in [0.1, 0.15) is 6.61 Å². The number of rotatable bonds is 6. The van der Waals surface area contributed by atoms with Crippen molar-refractivity contribution >= 4 is 17.7 Å². The van der Waals surface area contributed by atoms with Gasteiger partial charge in [-0.3, -0.25) is 0 Å². The van der Waals surface area contributed by atoms with Gasteiger partial charge in [-0.1, -0.05) is 41.9 Å². The van der Waals surface area contributed by atoms with Gasteiger partial charge < -0.3 is 19.9 Å². The zero-order valence-corrected chi connectivity index (χ0v) is 14.2. The summed E-state index contributed by atoms with van der Waals surface area (Å²) in [6.45, 7) is 1.56. The van der Waals surface area contributed by atoms with Gasteiger partial charge in [0.05, 0.1) is 13.2 Å². The summed E-state index contributed by atoms with van der Waals surface area (Å²) in [5.74, 6) is 1.52. The number of hydrogen-bond acceptors (Lipinski definition) is 4. The van der Waals surface area contributed by atoms with Crippen molar-refractivity contribution in [2.75, 3.05) is 26.8 Å². The lowest BCUT2D eigenvalue weighted by Gasteiger charge is -2.21. The van der Waals surface area contributed by atoms with Gasteiger partial charge in [-0.05, 0) is 23.8 Å². The van der Waals surface area contributed by atoms with Crippen molar-refractivity contribution < 1.29 is 14.6 Å². The Morgan fingerprint density at radius 2 is 2.08 bits per heavy atom. The summed E-state index contributed by atoms with van der Waals surface area (Å²) in [4.78, 5) is 0. The predicted octanol–water partition coefficient (Wildman–Crippen LogP) is 3.45. The van der Waals surface area contributed by atoms with Crippen LogP contribution in [0, 0.1) is 0 Å². The first-order chi connectivity index (χ1) is 11.7. The molecule has 24 heavy (non-hydrogen) atoms. The number of aliphatic hydroxyl groups is 1. The maximum atomic E-state index is 10.2. The maximum absolute atomic E-state index is 10.2. The Morgan fingerprint density at radius 3 is 2.88 bits per heavy atom. The quantitative estimate of drug-likeness (QED) is 0.842. The second-order valence-electron chi connectivity index (χ2n) is 5.64. The van der Waals surface area contributed by atoms with E-state index < -0.39 is 6.10 Å². The Kier molecular flexibility index (Phi) is 5.41. The highest BCUT2D eigenvalue weighted by Gasteiger charge is 2.16. The molecule has 2 aromatic rings. The second kappa shape index (κ2) is 7.71. The van der Waals surface area contributed by atoms with E-state index in [1.807, 2.05) is 36.4 Å².